The molecule has 0 radical (unpaired) electrons. The number of benzene rings is 1. The van der Waals surface area contributed by atoms with Crippen LogP contribution in [0.2, 0.25) is 0 Å². The lowest BCUT2D eigenvalue weighted by atomic mass is 10.2. The van der Waals surface area contributed by atoms with Crippen molar-refractivity contribution in [3.05, 3.63) is 66.6 Å². The van der Waals surface area contributed by atoms with E-state index in [1.54, 1.807) is 30.7 Å². The van der Waals surface area contributed by atoms with Crippen molar-refractivity contribution in [2.24, 2.45) is 0 Å². The van der Waals surface area contributed by atoms with E-state index in [9.17, 15) is 4.79 Å². The second-order valence-electron chi connectivity index (χ2n) is 5.08. The summed E-state index contributed by atoms with van der Waals surface area (Å²) in [5.74, 6) is 0.196. The lowest BCUT2D eigenvalue weighted by molar-refractivity contribution is 0.0601. The summed E-state index contributed by atoms with van der Waals surface area (Å²) in [5, 5.41) is 0. The Kier molecular flexibility index (Phi) is 4.47. The molecule has 0 fully saturated rings. The summed E-state index contributed by atoms with van der Waals surface area (Å²) >= 11 is 0. The molecule has 3 aromatic rings. The van der Waals surface area contributed by atoms with Gasteiger partial charge in [0.1, 0.15) is 0 Å². The lowest BCUT2D eigenvalue weighted by Gasteiger charge is -2.17. The fourth-order valence-electron chi connectivity index (χ4n) is 2.24. The molecule has 0 N–H and O–H groups in total. The molecule has 0 spiro atoms. The van der Waals surface area contributed by atoms with Gasteiger partial charge in [-0.3, -0.25) is 4.98 Å². The van der Waals surface area contributed by atoms with Gasteiger partial charge in [-0.25, -0.2) is 14.8 Å². The molecule has 6 nitrogen and oxygen atoms in total. The molecule has 0 bridgehead atoms. The molecule has 24 heavy (non-hydrogen) atoms. The van der Waals surface area contributed by atoms with Crippen LogP contribution in [-0.4, -0.2) is 35.1 Å². The van der Waals surface area contributed by atoms with Gasteiger partial charge in [0.15, 0.2) is 0 Å². The molecule has 0 aliphatic rings. The smallest absolute Gasteiger partial charge is 0.337 e. The highest BCUT2D eigenvalue weighted by Gasteiger charge is 2.11. The Morgan fingerprint density at radius 1 is 1.08 bits per heavy atom. The standard InChI is InChI=1S/C18H16N4O2/c1-22(15-7-5-13(6-8-15)17(23)24-2)18-20-11-9-16(21-18)14-4-3-10-19-12-14/h3-12H,1-2H3. The van der Waals surface area contributed by atoms with E-state index in [1.807, 2.05) is 42.3 Å². The molecule has 0 aliphatic heterocycles. The van der Waals surface area contributed by atoms with Crippen molar-refractivity contribution in [3.8, 4) is 11.3 Å². The zero-order valence-corrected chi connectivity index (χ0v) is 13.4. The number of carbonyl (C=O) groups excluding carboxylic acids is 1. The van der Waals surface area contributed by atoms with Gasteiger partial charge in [-0.2, -0.15) is 0 Å². The number of anilines is 2. The number of hydrogen-bond donors (Lipinski definition) is 0. The zero-order chi connectivity index (χ0) is 16.9. The molecular weight excluding hydrogens is 304 g/mol. The summed E-state index contributed by atoms with van der Waals surface area (Å²) in [7, 11) is 3.23. The minimum Gasteiger partial charge on any atom is -0.465 e. The largest absolute Gasteiger partial charge is 0.465 e. The fourth-order valence-corrected chi connectivity index (χ4v) is 2.24. The van der Waals surface area contributed by atoms with Crippen LogP contribution in [0.25, 0.3) is 11.3 Å². The van der Waals surface area contributed by atoms with Gasteiger partial charge in [-0.15, -0.1) is 0 Å². The van der Waals surface area contributed by atoms with E-state index < -0.39 is 0 Å². The number of carbonyl (C=O) groups is 1. The predicted molar refractivity (Wildman–Crippen MR) is 91.1 cm³/mol. The number of aromatic nitrogens is 3. The number of hydrogen-bond acceptors (Lipinski definition) is 6. The number of methoxy groups -OCH3 is 1. The van der Waals surface area contributed by atoms with Crippen molar-refractivity contribution in [3.63, 3.8) is 0 Å². The molecule has 0 amide bonds. The molecule has 1 aromatic carbocycles. The quantitative estimate of drug-likeness (QED) is 0.688. The third kappa shape index (κ3) is 3.22. The topological polar surface area (TPSA) is 68.2 Å². The highest BCUT2D eigenvalue weighted by molar-refractivity contribution is 5.89. The first-order valence-electron chi connectivity index (χ1n) is 7.34. The first-order valence-corrected chi connectivity index (χ1v) is 7.34. The maximum absolute atomic E-state index is 11.5. The number of esters is 1. The van der Waals surface area contributed by atoms with Gasteiger partial charge < -0.3 is 9.64 Å². The number of ether oxygens (including phenoxy) is 1. The maximum Gasteiger partial charge on any atom is 0.337 e. The summed E-state index contributed by atoms with van der Waals surface area (Å²) in [6, 6.07) is 12.7. The van der Waals surface area contributed by atoms with Crippen LogP contribution in [0, 0.1) is 0 Å². The first kappa shape index (κ1) is 15.6. The Hall–Kier alpha value is -3.28. The van der Waals surface area contributed by atoms with Gasteiger partial charge in [0.2, 0.25) is 5.95 Å². The molecule has 0 aliphatic carbocycles. The van der Waals surface area contributed by atoms with E-state index in [-0.39, 0.29) is 5.97 Å². The highest BCUT2D eigenvalue weighted by atomic mass is 16.5. The number of pyridine rings is 1. The Morgan fingerprint density at radius 3 is 2.54 bits per heavy atom. The normalized spacial score (nSPS) is 10.2. The molecule has 0 saturated heterocycles. The van der Waals surface area contributed by atoms with E-state index in [2.05, 4.69) is 15.0 Å². The average Bonchev–Trinajstić information content (AvgIpc) is 2.67. The molecule has 2 aromatic heterocycles. The van der Waals surface area contributed by atoms with Gasteiger partial charge in [-0.05, 0) is 42.5 Å². The van der Waals surface area contributed by atoms with Crippen LogP contribution < -0.4 is 4.90 Å². The third-order valence-electron chi connectivity index (χ3n) is 3.58. The summed E-state index contributed by atoms with van der Waals surface area (Å²) < 4.78 is 4.70. The van der Waals surface area contributed by atoms with Crippen LogP contribution in [0.1, 0.15) is 10.4 Å². The summed E-state index contributed by atoms with van der Waals surface area (Å²) in [6.45, 7) is 0. The van der Waals surface area contributed by atoms with Crippen molar-refractivity contribution in [1.82, 2.24) is 15.0 Å². The van der Waals surface area contributed by atoms with Crippen molar-refractivity contribution in [2.45, 2.75) is 0 Å². The number of nitrogens with zero attached hydrogens (tertiary/aromatic N) is 4. The van der Waals surface area contributed by atoms with E-state index in [0.717, 1.165) is 16.9 Å². The zero-order valence-electron chi connectivity index (χ0n) is 13.4. The lowest BCUT2D eigenvalue weighted by Crippen LogP contribution is -2.13. The van der Waals surface area contributed by atoms with E-state index in [4.69, 9.17) is 4.74 Å². The maximum atomic E-state index is 11.5. The second kappa shape index (κ2) is 6.87. The summed E-state index contributed by atoms with van der Waals surface area (Å²) in [4.78, 5) is 26.4. The van der Waals surface area contributed by atoms with Crippen molar-refractivity contribution in [2.75, 3.05) is 19.1 Å². The van der Waals surface area contributed by atoms with E-state index in [1.165, 1.54) is 7.11 Å². The van der Waals surface area contributed by atoms with Crippen LogP contribution in [-0.2, 0) is 4.74 Å². The Balaban J connectivity index is 1.87. The van der Waals surface area contributed by atoms with Crippen LogP contribution in [0.5, 0.6) is 0 Å². The summed E-state index contributed by atoms with van der Waals surface area (Å²) in [6.07, 6.45) is 5.20. The Labute approximate surface area is 139 Å². The van der Waals surface area contributed by atoms with Crippen LogP contribution >= 0.6 is 0 Å². The molecule has 120 valence electrons. The molecular formula is C18H16N4O2. The highest BCUT2D eigenvalue weighted by Crippen LogP contribution is 2.23. The fraction of sp³-hybridized carbons (Fsp3) is 0.111. The average molecular weight is 320 g/mol. The second-order valence-corrected chi connectivity index (χ2v) is 5.08. The van der Waals surface area contributed by atoms with Gasteiger partial charge >= 0.3 is 5.97 Å². The van der Waals surface area contributed by atoms with Gasteiger partial charge in [-0.1, -0.05) is 0 Å². The van der Waals surface area contributed by atoms with Crippen LogP contribution in [0.3, 0.4) is 0 Å². The molecule has 0 unspecified atom stereocenters. The van der Waals surface area contributed by atoms with Gasteiger partial charge in [0, 0.05) is 36.9 Å². The summed E-state index contributed by atoms with van der Waals surface area (Å²) in [5.41, 5.74) is 3.09. The van der Waals surface area contributed by atoms with Crippen molar-refractivity contribution < 1.29 is 9.53 Å². The molecule has 0 atom stereocenters. The SMILES string of the molecule is COC(=O)c1ccc(N(C)c2nccc(-c3cccnc3)n2)cc1. The third-order valence-corrected chi connectivity index (χ3v) is 3.58. The van der Waals surface area contributed by atoms with Crippen LogP contribution in [0.15, 0.2) is 61.1 Å². The molecule has 3 rings (SSSR count). The molecule has 2 heterocycles. The predicted octanol–water partition coefficient (Wildman–Crippen LogP) is 3.09. The van der Waals surface area contributed by atoms with Gasteiger partial charge in [0.25, 0.3) is 0 Å². The Morgan fingerprint density at radius 2 is 1.88 bits per heavy atom. The van der Waals surface area contributed by atoms with Crippen molar-refractivity contribution in [1.29, 1.82) is 0 Å². The minimum atomic E-state index is -0.362. The minimum absolute atomic E-state index is 0.362. The van der Waals surface area contributed by atoms with E-state index in [0.29, 0.717) is 11.5 Å². The monoisotopic (exact) mass is 320 g/mol. The Bertz CT molecular complexity index is 835. The van der Waals surface area contributed by atoms with Gasteiger partial charge in [0.05, 0.1) is 18.4 Å². The molecule has 6 heteroatoms. The van der Waals surface area contributed by atoms with E-state index >= 15 is 0 Å². The number of rotatable bonds is 4. The van der Waals surface area contributed by atoms with Crippen molar-refractivity contribution >= 4 is 17.6 Å². The van der Waals surface area contributed by atoms with Crippen LogP contribution in [0.4, 0.5) is 11.6 Å². The first-order chi connectivity index (χ1) is 11.7. The molecule has 0 saturated carbocycles.